The van der Waals surface area contributed by atoms with Crippen molar-refractivity contribution in [1.82, 2.24) is 25.5 Å². The van der Waals surface area contributed by atoms with E-state index < -0.39 is 0 Å². The summed E-state index contributed by atoms with van der Waals surface area (Å²) in [5.41, 5.74) is 0. The Hall–Kier alpha value is -1.14. The first kappa shape index (κ1) is 11.9. The zero-order chi connectivity index (χ0) is 12.4. The lowest BCUT2D eigenvalue weighted by molar-refractivity contribution is 0.378. The van der Waals surface area contributed by atoms with E-state index in [0.717, 1.165) is 37.6 Å². The van der Waals surface area contributed by atoms with E-state index in [0.29, 0.717) is 0 Å². The lowest BCUT2D eigenvalue weighted by Gasteiger charge is -2.24. The molecular formula is C12H22N6. The molecule has 0 spiro atoms. The Morgan fingerprint density at radius 3 is 1.78 bits per heavy atom. The SMILES string of the molecule is Nn1c(C2CCCCN2)nnc1C1CCCCN1. The second-order valence-electron chi connectivity index (χ2n) is 5.29. The molecule has 3 rings (SSSR count). The Morgan fingerprint density at radius 2 is 1.39 bits per heavy atom. The molecule has 6 nitrogen and oxygen atoms in total. The van der Waals surface area contributed by atoms with E-state index in [-0.39, 0.29) is 12.1 Å². The third kappa shape index (κ3) is 2.22. The average molecular weight is 250 g/mol. The summed E-state index contributed by atoms with van der Waals surface area (Å²) in [5.74, 6) is 7.95. The number of nitrogen functional groups attached to an aromatic ring is 1. The average Bonchev–Trinajstić information content (AvgIpc) is 2.83. The van der Waals surface area contributed by atoms with E-state index in [4.69, 9.17) is 5.84 Å². The summed E-state index contributed by atoms with van der Waals surface area (Å²) in [4.78, 5) is 0. The molecule has 1 aromatic heterocycles. The molecule has 0 aromatic carbocycles. The van der Waals surface area contributed by atoms with Crippen LogP contribution in [-0.4, -0.2) is 28.0 Å². The Labute approximate surface area is 107 Å². The van der Waals surface area contributed by atoms with Gasteiger partial charge in [0.2, 0.25) is 0 Å². The van der Waals surface area contributed by atoms with Gasteiger partial charge in [0.25, 0.3) is 0 Å². The molecule has 4 N–H and O–H groups in total. The molecule has 100 valence electrons. The molecule has 0 bridgehead atoms. The van der Waals surface area contributed by atoms with Crippen molar-refractivity contribution < 1.29 is 0 Å². The van der Waals surface area contributed by atoms with Gasteiger partial charge in [-0.2, -0.15) is 0 Å². The topological polar surface area (TPSA) is 80.8 Å². The van der Waals surface area contributed by atoms with Gasteiger partial charge in [0.15, 0.2) is 11.6 Å². The summed E-state index contributed by atoms with van der Waals surface area (Å²) in [6.45, 7) is 2.10. The molecule has 0 aliphatic carbocycles. The van der Waals surface area contributed by atoms with Gasteiger partial charge in [0.05, 0.1) is 12.1 Å². The second kappa shape index (κ2) is 5.24. The fourth-order valence-electron chi connectivity index (χ4n) is 2.94. The highest BCUT2D eigenvalue weighted by Crippen LogP contribution is 2.25. The maximum absolute atomic E-state index is 6.18. The monoisotopic (exact) mass is 250 g/mol. The number of aromatic nitrogens is 3. The van der Waals surface area contributed by atoms with E-state index in [2.05, 4.69) is 20.8 Å². The van der Waals surface area contributed by atoms with E-state index in [1.807, 2.05) is 0 Å². The third-order valence-electron chi connectivity index (χ3n) is 3.99. The summed E-state index contributed by atoms with van der Waals surface area (Å²) in [5, 5.41) is 15.5. The number of hydrogen-bond donors (Lipinski definition) is 3. The molecule has 3 heterocycles. The molecule has 2 saturated heterocycles. The summed E-state index contributed by atoms with van der Waals surface area (Å²) in [6.07, 6.45) is 7.17. The summed E-state index contributed by atoms with van der Waals surface area (Å²) in [6, 6.07) is 0.544. The van der Waals surface area contributed by atoms with Crippen molar-refractivity contribution >= 4 is 0 Å². The van der Waals surface area contributed by atoms with Crippen LogP contribution in [-0.2, 0) is 0 Å². The second-order valence-corrected chi connectivity index (χ2v) is 5.29. The molecule has 0 amide bonds. The van der Waals surface area contributed by atoms with Gasteiger partial charge in [0.1, 0.15) is 0 Å². The highest BCUT2D eigenvalue weighted by Gasteiger charge is 2.26. The van der Waals surface area contributed by atoms with Gasteiger partial charge >= 0.3 is 0 Å². The largest absolute Gasteiger partial charge is 0.336 e. The van der Waals surface area contributed by atoms with Crippen molar-refractivity contribution in [1.29, 1.82) is 0 Å². The van der Waals surface area contributed by atoms with E-state index in [9.17, 15) is 0 Å². The Kier molecular flexibility index (Phi) is 3.47. The Morgan fingerprint density at radius 1 is 0.889 bits per heavy atom. The molecule has 2 atom stereocenters. The predicted molar refractivity (Wildman–Crippen MR) is 69.4 cm³/mol. The minimum Gasteiger partial charge on any atom is -0.336 e. The Bertz CT molecular complexity index is 354. The van der Waals surface area contributed by atoms with Crippen molar-refractivity contribution in [3.63, 3.8) is 0 Å². The van der Waals surface area contributed by atoms with Crippen LogP contribution in [0.15, 0.2) is 0 Å². The van der Waals surface area contributed by atoms with E-state index in [1.165, 1.54) is 25.7 Å². The van der Waals surface area contributed by atoms with Gasteiger partial charge in [-0.1, -0.05) is 12.8 Å². The van der Waals surface area contributed by atoms with Crippen LogP contribution < -0.4 is 16.5 Å². The highest BCUT2D eigenvalue weighted by molar-refractivity contribution is 5.06. The van der Waals surface area contributed by atoms with Crippen molar-refractivity contribution in [2.75, 3.05) is 18.9 Å². The van der Waals surface area contributed by atoms with Crippen molar-refractivity contribution in [3.05, 3.63) is 11.6 Å². The summed E-state index contributed by atoms with van der Waals surface area (Å²) >= 11 is 0. The first-order valence-electron chi connectivity index (χ1n) is 7.03. The zero-order valence-electron chi connectivity index (χ0n) is 10.7. The van der Waals surface area contributed by atoms with E-state index in [1.54, 1.807) is 4.68 Å². The molecule has 2 aliphatic rings. The number of nitrogens with zero attached hydrogens (tertiary/aromatic N) is 3. The molecule has 6 heteroatoms. The minimum absolute atomic E-state index is 0.272. The standard InChI is InChI=1S/C12H22N6/c13-18-11(9-5-1-3-7-14-9)16-17-12(18)10-6-2-4-8-15-10/h9-10,14-15H,1-8,13H2. The molecule has 2 fully saturated rings. The molecular weight excluding hydrogens is 228 g/mol. The van der Waals surface area contributed by atoms with Gasteiger partial charge < -0.3 is 16.5 Å². The fraction of sp³-hybridized carbons (Fsp3) is 0.833. The maximum atomic E-state index is 6.18. The lowest BCUT2D eigenvalue weighted by Crippen LogP contribution is -2.34. The van der Waals surface area contributed by atoms with Crippen LogP contribution in [0.4, 0.5) is 0 Å². The summed E-state index contributed by atoms with van der Waals surface area (Å²) < 4.78 is 1.70. The van der Waals surface area contributed by atoms with Gasteiger partial charge in [-0.15, -0.1) is 10.2 Å². The van der Waals surface area contributed by atoms with Crippen LogP contribution >= 0.6 is 0 Å². The third-order valence-corrected chi connectivity index (χ3v) is 3.99. The fourth-order valence-corrected chi connectivity index (χ4v) is 2.94. The van der Waals surface area contributed by atoms with Crippen LogP contribution in [0.2, 0.25) is 0 Å². The number of hydrogen-bond acceptors (Lipinski definition) is 5. The lowest BCUT2D eigenvalue weighted by atomic mass is 10.0. The number of piperidine rings is 2. The molecule has 1 aromatic rings. The van der Waals surface area contributed by atoms with Gasteiger partial charge in [-0.05, 0) is 38.8 Å². The normalized spacial score (nSPS) is 29.3. The zero-order valence-corrected chi connectivity index (χ0v) is 10.7. The number of nitrogens with one attached hydrogen (secondary N) is 2. The number of rotatable bonds is 2. The maximum Gasteiger partial charge on any atom is 0.168 e. The quantitative estimate of drug-likeness (QED) is 0.670. The van der Waals surface area contributed by atoms with Crippen LogP contribution in [0.25, 0.3) is 0 Å². The minimum atomic E-state index is 0.272. The molecule has 2 unspecified atom stereocenters. The molecule has 18 heavy (non-hydrogen) atoms. The van der Waals surface area contributed by atoms with Gasteiger partial charge in [-0.3, -0.25) is 0 Å². The molecule has 0 radical (unpaired) electrons. The van der Waals surface area contributed by atoms with Crippen LogP contribution in [0.3, 0.4) is 0 Å². The van der Waals surface area contributed by atoms with Crippen molar-refractivity contribution in [2.45, 2.75) is 50.6 Å². The van der Waals surface area contributed by atoms with Crippen LogP contribution in [0.5, 0.6) is 0 Å². The van der Waals surface area contributed by atoms with E-state index >= 15 is 0 Å². The summed E-state index contributed by atoms with van der Waals surface area (Å²) in [7, 11) is 0. The number of nitrogens with two attached hydrogens (primary N) is 1. The first-order valence-corrected chi connectivity index (χ1v) is 7.03. The first-order chi connectivity index (χ1) is 8.86. The van der Waals surface area contributed by atoms with Crippen molar-refractivity contribution in [2.24, 2.45) is 0 Å². The van der Waals surface area contributed by atoms with Crippen LogP contribution in [0, 0.1) is 0 Å². The smallest absolute Gasteiger partial charge is 0.168 e. The molecule has 0 saturated carbocycles. The predicted octanol–water partition coefficient (Wildman–Crippen LogP) is 0.621. The van der Waals surface area contributed by atoms with Gasteiger partial charge in [-0.25, -0.2) is 4.68 Å². The highest BCUT2D eigenvalue weighted by atomic mass is 15.4. The molecule has 2 aliphatic heterocycles. The van der Waals surface area contributed by atoms with Gasteiger partial charge in [0, 0.05) is 0 Å². The Balaban J connectivity index is 1.78. The van der Waals surface area contributed by atoms with Crippen molar-refractivity contribution in [3.8, 4) is 0 Å². The van der Waals surface area contributed by atoms with Crippen LogP contribution in [0.1, 0.15) is 62.3 Å².